The molecular weight excluding hydrogens is 280 g/mol. The summed E-state index contributed by atoms with van der Waals surface area (Å²) in [6.45, 7) is 2.74. The van der Waals surface area contributed by atoms with Crippen molar-refractivity contribution in [3.63, 3.8) is 0 Å². The number of nitriles is 1. The Balaban J connectivity index is 2.67. The van der Waals surface area contributed by atoms with E-state index in [-0.39, 0.29) is 18.4 Å². The number of benzene rings is 1. The number of hydrogen-bond acceptors (Lipinski definition) is 4. The summed E-state index contributed by atoms with van der Waals surface area (Å²) in [6, 6.07) is 8.79. The van der Waals surface area contributed by atoms with Gasteiger partial charge in [-0.05, 0) is 39.2 Å². The van der Waals surface area contributed by atoms with E-state index in [2.05, 4.69) is 5.32 Å². The predicted molar refractivity (Wildman–Crippen MR) is 85.4 cm³/mol. The normalized spacial score (nSPS) is 10.1. The highest BCUT2D eigenvalue weighted by Gasteiger charge is 2.18. The minimum absolute atomic E-state index is 0.0873. The van der Waals surface area contributed by atoms with Gasteiger partial charge in [-0.3, -0.25) is 9.59 Å². The number of rotatable bonds is 7. The van der Waals surface area contributed by atoms with E-state index in [0.29, 0.717) is 17.8 Å². The maximum Gasteiger partial charge on any atom is 0.240 e. The van der Waals surface area contributed by atoms with Gasteiger partial charge < -0.3 is 15.1 Å². The largest absolute Gasteiger partial charge is 0.355 e. The first-order valence-corrected chi connectivity index (χ1v) is 7.14. The maximum atomic E-state index is 12.0. The van der Waals surface area contributed by atoms with Crippen LogP contribution in [0.2, 0.25) is 0 Å². The van der Waals surface area contributed by atoms with Crippen molar-refractivity contribution in [2.24, 2.45) is 0 Å². The van der Waals surface area contributed by atoms with Gasteiger partial charge in [0.1, 0.15) is 12.6 Å². The molecule has 0 spiro atoms. The van der Waals surface area contributed by atoms with Crippen molar-refractivity contribution in [2.45, 2.75) is 13.3 Å². The Kier molecular flexibility index (Phi) is 7.06. The summed E-state index contributed by atoms with van der Waals surface area (Å²) in [7, 11) is 3.94. The Morgan fingerprint density at radius 2 is 1.95 bits per heavy atom. The molecular formula is C16H22N4O2. The highest BCUT2D eigenvalue weighted by Crippen LogP contribution is 2.19. The van der Waals surface area contributed by atoms with E-state index < -0.39 is 0 Å². The van der Waals surface area contributed by atoms with Gasteiger partial charge in [-0.15, -0.1) is 0 Å². The second kappa shape index (κ2) is 8.80. The molecule has 1 aromatic carbocycles. The molecule has 0 saturated heterocycles. The molecule has 6 heteroatoms. The van der Waals surface area contributed by atoms with Crippen molar-refractivity contribution in [1.82, 2.24) is 10.2 Å². The zero-order valence-electron chi connectivity index (χ0n) is 13.3. The number of amides is 2. The lowest BCUT2D eigenvalue weighted by atomic mass is 10.1. The molecule has 6 nitrogen and oxygen atoms in total. The first-order chi connectivity index (χ1) is 10.5. The fourth-order valence-electron chi connectivity index (χ4n) is 1.99. The average molecular weight is 302 g/mol. The van der Waals surface area contributed by atoms with E-state index in [1.165, 1.54) is 11.8 Å². The first kappa shape index (κ1) is 17.7. The van der Waals surface area contributed by atoms with Crippen LogP contribution >= 0.6 is 0 Å². The third kappa shape index (κ3) is 5.54. The molecule has 0 aliphatic rings. The van der Waals surface area contributed by atoms with Crippen molar-refractivity contribution in [1.29, 1.82) is 5.26 Å². The molecule has 0 unspecified atom stereocenters. The molecule has 0 heterocycles. The molecule has 1 rings (SSSR count). The van der Waals surface area contributed by atoms with Crippen molar-refractivity contribution in [3.8, 4) is 6.07 Å². The number of nitrogens with zero attached hydrogens (tertiary/aromatic N) is 3. The molecule has 0 atom stereocenters. The van der Waals surface area contributed by atoms with Crippen molar-refractivity contribution in [2.75, 3.05) is 38.6 Å². The van der Waals surface area contributed by atoms with E-state index in [4.69, 9.17) is 5.26 Å². The topological polar surface area (TPSA) is 76.4 Å². The summed E-state index contributed by atoms with van der Waals surface area (Å²) in [6.07, 6.45) is 0.841. The summed E-state index contributed by atoms with van der Waals surface area (Å²) in [4.78, 5) is 27.1. The molecule has 0 aromatic heterocycles. The van der Waals surface area contributed by atoms with E-state index in [0.717, 1.165) is 13.0 Å². The zero-order valence-corrected chi connectivity index (χ0v) is 13.3. The smallest absolute Gasteiger partial charge is 0.240 e. The van der Waals surface area contributed by atoms with E-state index >= 15 is 0 Å². The van der Waals surface area contributed by atoms with Gasteiger partial charge in [-0.2, -0.15) is 5.26 Å². The molecule has 118 valence electrons. The monoisotopic (exact) mass is 302 g/mol. The number of carbonyl (C=O) groups is 2. The Morgan fingerprint density at radius 3 is 2.55 bits per heavy atom. The summed E-state index contributed by atoms with van der Waals surface area (Å²) < 4.78 is 0. The summed E-state index contributed by atoms with van der Waals surface area (Å²) in [5, 5.41) is 11.9. The Labute approximate surface area is 131 Å². The third-order valence-electron chi connectivity index (χ3n) is 3.10. The quantitative estimate of drug-likeness (QED) is 0.762. The number of hydrogen-bond donors (Lipinski definition) is 1. The van der Waals surface area contributed by atoms with Crippen LogP contribution < -0.4 is 10.2 Å². The molecule has 2 amide bonds. The number of nitrogens with one attached hydrogen (secondary N) is 1. The molecule has 0 aliphatic carbocycles. The number of para-hydroxylation sites is 1. The predicted octanol–water partition coefficient (Wildman–Crippen LogP) is 0.979. The second-order valence-electron chi connectivity index (χ2n) is 5.24. The summed E-state index contributed by atoms with van der Waals surface area (Å²) in [5.41, 5.74) is 0.832. The van der Waals surface area contributed by atoms with E-state index in [1.54, 1.807) is 24.3 Å². The van der Waals surface area contributed by atoms with Crippen LogP contribution in [0.1, 0.15) is 18.9 Å². The van der Waals surface area contributed by atoms with Gasteiger partial charge in [0, 0.05) is 13.5 Å². The third-order valence-corrected chi connectivity index (χ3v) is 3.10. The van der Waals surface area contributed by atoms with Gasteiger partial charge in [-0.1, -0.05) is 12.1 Å². The minimum atomic E-state index is -0.272. The van der Waals surface area contributed by atoms with Gasteiger partial charge in [0.15, 0.2) is 0 Å². The Morgan fingerprint density at radius 1 is 1.27 bits per heavy atom. The van der Waals surface area contributed by atoms with Crippen LogP contribution in [0.15, 0.2) is 24.3 Å². The minimum Gasteiger partial charge on any atom is -0.355 e. The summed E-state index contributed by atoms with van der Waals surface area (Å²) >= 11 is 0. The lowest BCUT2D eigenvalue weighted by molar-refractivity contribution is -0.123. The van der Waals surface area contributed by atoms with Crippen LogP contribution in [0.25, 0.3) is 0 Å². The van der Waals surface area contributed by atoms with Crippen LogP contribution in [0.4, 0.5) is 5.69 Å². The van der Waals surface area contributed by atoms with E-state index in [9.17, 15) is 9.59 Å². The number of anilines is 1. The molecule has 0 radical (unpaired) electrons. The van der Waals surface area contributed by atoms with Crippen LogP contribution in [0, 0.1) is 11.3 Å². The van der Waals surface area contributed by atoms with Gasteiger partial charge in [0.2, 0.25) is 11.8 Å². The molecule has 1 N–H and O–H groups in total. The van der Waals surface area contributed by atoms with E-state index in [1.807, 2.05) is 25.1 Å². The molecule has 0 saturated carbocycles. The van der Waals surface area contributed by atoms with Gasteiger partial charge in [-0.25, -0.2) is 0 Å². The maximum absolute atomic E-state index is 12.0. The zero-order chi connectivity index (χ0) is 16.5. The van der Waals surface area contributed by atoms with Gasteiger partial charge >= 0.3 is 0 Å². The standard InChI is InChI=1S/C16H22N4O2/c1-13(21)20(15-8-5-4-7-14(15)11-17)12-16(22)18-9-6-10-19(2)3/h4-5,7-8H,6,9-10,12H2,1-3H3,(H,18,22). The lowest BCUT2D eigenvalue weighted by Crippen LogP contribution is -2.40. The van der Waals surface area contributed by atoms with Crippen molar-refractivity contribution < 1.29 is 9.59 Å². The highest BCUT2D eigenvalue weighted by atomic mass is 16.2. The molecule has 0 bridgehead atoms. The average Bonchev–Trinajstić information content (AvgIpc) is 2.48. The Hall–Kier alpha value is -2.39. The van der Waals surface area contributed by atoms with Gasteiger partial charge in [0.25, 0.3) is 0 Å². The van der Waals surface area contributed by atoms with Gasteiger partial charge in [0.05, 0.1) is 11.3 Å². The molecule has 22 heavy (non-hydrogen) atoms. The van der Waals surface area contributed by atoms with Crippen LogP contribution in [-0.2, 0) is 9.59 Å². The Bertz CT molecular complexity index is 564. The molecule has 0 fully saturated rings. The fourth-order valence-corrected chi connectivity index (χ4v) is 1.99. The summed E-state index contributed by atoms with van der Waals surface area (Å²) in [5.74, 6) is -0.507. The second-order valence-corrected chi connectivity index (χ2v) is 5.24. The van der Waals surface area contributed by atoms with Crippen molar-refractivity contribution >= 4 is 17.5 Å². The molecule has 1 aromatic rings. The van der Waals surface area contributed by atoms with Crippen molar-refractivity contribution in [3.05, 3.63) is 29.8 Å². The molecule has 0 aliphatic heterocycles. The SMILES string of the molecule is CC(=O)N(CC(=O)NCCCN(C)C)c1ccccc1C#N. The fraction of sp³-hybridized carbons (Fsp3) is 0.438. The van der Waals surface area contributed by atoms with Crippen LogP contribution in [0.3, 0.4) is 0 Å². The lowest BCUT2D eigenvalue weighted by Gasteiger charge is -2.21. The van der Waals surface area contributed by atoms with Crippen LogP contribution in [-0.4, -0.2) is 50.4 Å². The van der Waals surface area contributed by atoms with Crippen LogP contribution in [0.5, 0.6) is 0 Å². The first-order valence-electron chi connectivity index (χ1n) is 7.14. The highest BCUT2D eigenvalue weighted by molar-refractivity contribution is 5.98. The number of carbonyl (C=O) groups excluding carboxylic acids is 2.